The SMILES string of the molecule is CCCCNc1cc(-c2noc(=O)[nH]2)cc(S(=O)(=O)Nc2ccccc2)c1Oc1ccccc1. The summed E-state index contributed by atoms with van der Waals surface area (Å²) < 4.78 is 40.4. The van der Waals surface area contributed by atoms with Crippen molar-refractivity contribution in [2.45, 2.75) is 24.7 Å². The lowest BCUT2D eigenvalue weighted by Crippen LogP contribution is -2.15. The second-order valence-electron chi connectivity index (χ2n) is 7.46. The first kappa shape index (κ1) is 23.1. The normalized spacial score (nSPS) is 11.2. The monoisotopic (exact) mass is 480 g/mol. The first-order chi connectivity index (χ1) is 16.5. The molecule has 176 valence electrons. The van der Waals surface area contributed by atoms with Crippen molar-refractivity contribution in [3.8, 4) is 22.9 Å². The molecule has 1 heterocycles. The number of nitrogens with one attached hydrogen (secondary N) is 3. The van der Waals surface area contributed by atoms with Gasteiger partial charge in [0.2, 0.25) is 0 Å². The molecule has 3 N–H and O–H groups in total. The largest absolute Gasteiger partial charge is 0.454 e. The Balaban J connectivity index is 1.88. The van der Waals surface area contributed by atoms with Gasteiger partial charge in [-0.2, -0.15) is 0 Å². The summed E-state index contributed by atoms with van der Waals surface area (Å²) in [5.74, 6) is -0.0435. The number of benzene rings is 3. The standard InChI is InChI=1S/C24H24N4O5S/c1-2-3-14-25-20-15-17(23-26-24(29)33-27-23)16-21(22(20)32-19-12-8-5-9-13-19)34(30,31)28-18-10-6-4-7-11-18/h4-13,15-16,25,28H,2-3,14H2,1H3,(H,26,27,29). The van der Waals surface area contributed by atoms with Crippen LogP contribution in [0, 0.1) is 0 Å². The van der Waals surface area contributed by atoms with Crippen LogP contribution in [-0.2, 0) is 10.0 Å². The number of hydrogen-bond donors (Lipinski definition) is 3. The van der Waals surface area contributed by atoms with Crippen molar-refractivity contribution >= 4 is 21.4 Å². The number of nitrogens with zero attached hydrogens (tertiary/aromatic N) is 1. The van der Waals surface area contributed by atoms with Crippen molar-refractivity contribution in [2.75, 3.05) is 16.6 Å². The molecule has 0 saturated heterocycles. The molecule has 4 aromatic rings. The van der Waals surface area contributed by atoms with E-state index in [-0.39, 0.29) is 16.5 Å². The summed E-state index contributed by atoms with van der Waals surface area (Å²) >= 11 is 0. The summed E-state index contributed by atoms with van der Waals surface area (Å²) in [4.78, 5) is 13.9. The minimum absolute atomic E-state index is 0.103. The van der Waals surface area contributed by atoms with Crippen LogP contribution in [0.1, 0.15) is 19.8 Å². The van der Waals surface area contributed by atoms with Crippen molar-refractivity contribution < 1.29 is 17.7 Å². The molecular weight excluding hydrogens is 456 g/mol. The molecule has 3 aromatic carbocycles. The Labute approximate surface area is 196 Å². The predicted octanol–water partition coefficient (Wildman–Crippen LogP) is 4.84. The molecule has 0 unspecified atom stereocenters. The van der Waals surface area contributed by atoms with Gasteiger partial charge in [0.25, 0.3) is 10.0 Å². The van der Waals surface area contributed by atoms with Gasteiger partial charge in [-0.05, 0) is 42.8 Å². The van der Waals surface area contributed by atoms with E-state index in [1.165, 1.54) is 6.07 Å². The van der Waals surface area contributed by atoms with E-state index < -0.39 is 15.8 Å². The topological polar surface area (TPSA) is 126 Å². The Morgan fingerprint density at radius 3 is 2.38 bits per heavy atom. The zero-order valence-corrected chi connectivity index (χ0v) is 19.3. The second-order valence-corrected chi connectivity index (χ2v) is 9.11. The number of hydrogen-bond acceptors (Lipinski definition) is 7. The van der Waals surface area contributed by atoms with Crippen molar-refractivity contribution in [1.82, 2.24) is 10.1 Å². The molecule has 0 aliphatic carbocycles. The van der Waals surface area contributed by atoms with Crippen LogP contribution in [-0.4, -0.2) is 25.1 Å². The molecule has 10 heteroatoms. The van der Waals surface area contributed by atoms with Gasteiger partial charge < -0.3 is 10.1 Å². The molecule has 0 spiro atoms. The second kappa shape index (κ2) is 10.3. The Morgan fingerprint density at radius 1 is 1.03 bits per heavy atom. The van der Waals surface area contributed by atoms with Crippen LogP contribution in [0.15, 0.2) is 87.0 Å². The highest BCUT2D eigenvalue weighted by atomic mass is 32.2. The molecule has 34 heavy (non-hydrogen) atoms. The molecule has 0 saturated carbocycles. The minimum atomic E-state index is -4.11. The molecule has 4 rings (SSSR count). The fourth-order valence-corrected chi connectivity index (χ4v) is 4.49. The molecule has 0 aliphatic rings. The average molecular weight is 481 g/mol. The summed E-state index contributed by atoms with van der Waals surface area (Å²) in [7, 11) is -4.11. The van der Waals surface area contributed by atoms with Gasteiger partial charge in [0.05, 0.1) is 5.69 Å². The van der Waals surface area contributed by atoms with Gasteiger partial charge >= 0.3 is 5.76 Å². The van der Waals surface area contributed by atoms with Gasteiger partial charge in [-0.3, -0.25) is 14.2 Å². The third-order valence-corrected chi connectivity index (χ3v) is 6.28. The third kappa shape index (κ3) is 5.46. The number of rotatable bonds is 10. The number of anilines is 2. The van der Waals surface area contributed by atoms with Gasteiger partial charge in [0, 0.05) is 17.8 Å². The Hall–Kier alpha value is -4.05. The number of sulfonamides is 1. The number of para-hydroxylation sites is 2. The maximum atomic E-state index is 13.5. The lowest BCUT2D eigenvalue weighted by atomic mass is 10.1. The zero-order valence-electron chi connectivity index (χ0n) is 18.4. The highest BCUT2D eigenvalue weighted by Crippen LogP contribution is 2.40. The molecule has 0 amide bonds. The molecule has 1 aromatic heterocycles. The molecule has 0 radical (unpaired) electrons. The lowest BCUT2D eigenvalue weighted by molar-refractivity contribution is 0.388. The van der Waals surface area contributed by atoms with Crippen LogP contribution in [0.25, 0.3) is 11.4 Å². The van der Waals surface area contributed by atoms with E-state index in [1.807, 2.05) is 6.07 Å². The van der Waals surface area contributed by atoms with Crippen molar-refractivity contribution in [2.24, 2.45) is 0 Å². The molecule has 0 bridgehead atoms. The number of ether oxygens (including phenoxy) is 1. The van der Waals surface area contributed by atoms with Gasteiger partial charge in [-0.15, -0.1) is 0 Å². The smallest absolute Gasteiger partial charge is 0.439 e. The Morgan fingerprint density at radius 2 is 1.74 bits per heavy atom. The van der Waals surface area contributed by atoms with Crippen LogP contribution in [0.4, 0.5) is 11.4 Å². The predicted molar refractivity (Wildman–Crippen MR) is 130 cm³/mol. The van der Waals surface area contributed by atoms with Crippen LogP contribution >= 0.6 is 0 Å². The summed E-state index contributed by atoms with van der Waals surface area (Å²) in [5.41, 5.74) is 1.18. The van der Waals surface area contributed by atoms with Crippen molar-refractivity contribution in [3.63, 3.8) is 0 Å². The summed E-state index contributed by atoms with van der Waals surface area (Å²) in [6.45, 7) is 2.64. The number of unbranched alkanes of at least 4 members (excludes halogenated alkanes) is 1. The lowest BCUT2D eigenvalue weighted by Gasteiger charge is -2.19. The highest BCUT2D eigenvalue weighted by Gasteiger charge is 2.26. The summed E-state index contributed by atoms with van der Waals surface area (Å²) in [6.07, 6.45) is 1.80. The van der Waals surface area contributed by atoms with Crippen LogP contribution in [0.3, 0.4) is 0 Å². The summed E-state index contributed by atoms with van der Waals surface area (Å²) in [6, 6.07) is 20.5. The number of aromatic amines is 1. The van der Waals surface area contributed by atoms with Gasteiger partial charge in [-0.1, -0.05) is 54.9 Å². The average Bonchev–Trinajstić information content (AvgIpc) is 3.27. The van der Waals surface area contributed by atoms with Crippen LogP contribution in [0.2, 0.25) is 0 Å². The van der Waals surface area contributed by atoms with Gasteiger partial charge in [0.15, 0.2) is 11.6 Å². The van der Waals surface area contributed by atoms with E-state index in [0.29, 0.717) is 29.2 Å². The Bertz CT molecular complexity index is 1400. The van der Waals surface area contributed by atoms with Gasteiger partial charge in [0.1, 0.15) is 10.6 Å². The minimum Gasteiger partial charge on any atom is -0.454 e. The Kier molecular flexibility index (Phi) is 6.98. The first-order valence-electron chi connectivity index (χ1n) is 10.8. The molecule has 0 atom stereocenters. The van der Waals surface area contributed by atoms with E-state index >= 15 is 0 Å². The van der Waals surface area contributed by atoms with Crippen LogP contribution in [0.5, 0.6) is 11.5 Å². The molecular formula is C24H24N4O5S. The van der Waals surface area contributed by atoms with E-state index in [1.54, 1.807) is 60.7 Å². The highest BCUT2D eigenvalue weighted by molar-refractivity contribution is 7.92. The summed E-state index contributed by atoms with van der Waals surface area (Å²) in [5, 5.41) is 6.98. The molecule has 9 nitrogen and oxygen atoms in total. The van der Waals surface area contributed by atoms with E-state index in [2.05, 4.69) is 31.6 Å². The molecule has 0 fully saturated rings. The van der Waals surface area contributed by atoms with Gasteiger partial charge in [-0.25, -0.2) is 13.2 Å². The van der Waals surface area contributed by atoms with E-state index in [4.69, 9.17) is 4.74 Å². The maximum Gasteiger partial charge on any atom is 0.439 e. The van der Waals surface area contributed by atoms with E-state index in [0.717, 1.165) is 12.8 Å². The third-order valence-electron chi connectivity index (χ3n) is 4.89. The zero-order chi connectivity index (χ0) is 24.0. The van der Waals surface area contributed by atoms with Crippen molar-refractivity contribution in [1.29, 1.82) is 0 Å². The fourth-order valence-electron chi connectivity index (χ4n) is 3.25. The number of aromatic nitrogens is 2. The first-order valence-corrected chi connectivity index (χ1v) is 12.2. The quantitative estimate of drug-likeness (QED) is 0.277. The number of H-pyrrole nitrogens is 1. The maximum absolute atomic E-state index is 13.5. The van der Waals surface area contributed by atoms with Crippen LogP contribution < -0.4 is 20.5 Å². The van der Waals surface area contributed by atoms with E-state index in [9.17, 15) is 13.2 Å². The fraction of sp³-hybridized carbons (Fsp3) is 0.167. The molecule has 0 aliphatic heterocycles. The van der Waals surface area contributed by atoms with Crippen molar-refractivity contribution in [3.05, 3.63) is 83.3 Å².